The molecular weight excluding hydrogens is 442 g/mol. The summed E-state index contributed by atoms with van der Waals surface area (Å²) in [4.78, 5) is 39.4. The van der Waals surface area contributed by atoms with Crippen LogP contribution in [0.1, 0.15) is 39.6 Å². The molecule has 2 aromatic carbocycles. The number of rotatable bonds is 7. The van der Waals surface area contributed by atoms with Gasteiger partial charge in [0.1, 0.15) is 0 Å². The third kappa shape index (κ3) is 5.51. The predicted molar refractivity (Wildman–Crippen MR) is 116 cm³/mol. The molecule has 0 saturated carbocycles. The molecule has 0 aliphatic carbocycles. The second kappa shape index (κ2) is 9.62. The first-order valence-corrected chi connectivity index (χ1v) is 12.0. The fourth-order valence-electron chi connectivity index (χ4n) is 3.56. The maximum absolute atomic E-state index is 12.8. The lowest BCUT2D eigenvalue weighted by Crippen LogP contribution is -2.43. The van der Waals surface area contributed by atoms with Gasteiger partial charge >= 0.3 is 5.97 Å². The molecule has 1 saturated heterocycles. The normalized spacial score (nSPS) is 17.2. The Hall–Kier alpha value is -2.71. The molecular formula is C22H22ClNO6S. The lowest BCUT2D eigenvalue weighted by molar-refractivity contribution is -0.136. The number of amides is 1. The Morgan fingerprint density at radius 1 is 1.06 bits per heavy atom. The minimum absolute atomic E-state index is 0.0431. The van der Waals surface area contributed by atoms with Crippen molar-refractivity contribution in [3.8, 4) is 0 Å². The number of halogens is 1. The number of benzene rings is 2. The second-order valence-corrected chi connectivity index (χ2v) is 9.86. The molecule has 1 heterocycles. The fraction of sp³-hybridized carbons (Fsp3) is 0.318. The summed E-state index contributed by atoms with van der Waals surface area (Å²) < 4.78 is 28.6. The van der Waals surface area contributed by atoms with Gasteiger partial charge in [0.05, 0.1) is 17.1 Å². The highest BCUT2D eigenvalue weighted by Gasteiger charge is 2.34. The lowest BCUT2D eigenvalue weighted by Gasteiger charge is -2.26. The van der Waals surface area contributed by atoms with Crippen LogP contribution in [0.4, 0.5) is 0 Å². The van der Waals surface area contributed by atoms with E-state index in [0.717, 1.165) is 0 Å². The topological polar surface area (TPSA) is 97.8 Å². The quantitative estimate of drug-likeness (QED) is 0.462. The summed E-state index contributed by atoms with van der Waals surface area (Å²) in [6, 6.07) is 12.1. The average Bonchev–Trinajstić information content (AvgIpc) is 3.11. The van der Waals surface area contributed by atoms with Gasteiger partial charge in [-0.15, -0.1) is 0 Å². The lowest BCUT2D eigenvalue weighted by atomic mass is 9.98. The number of nitrogens with zero attached hydrogens (tertiary/aromatic N) is 1. The third-order valence-corrected chi connectivity index (χ3v) is 7.14. The van der Waals surface area contributed by atoms with Crippen molar-refractivity contribution in [3.05, 3.63) is 70.2 Å². The Balaban J connectivity index is 1.70. The van der Waals surface area contributed by atoms with Crippen LogP contribution < -0.4 is 0 Å². The maximum Gasteiger partial charge on any atom is 0.339 e. The van der Waals surface area contributed by atoms with Crippen molar-refractivity contribution < 1.29 is 27.5 Å². The summed E-state index contributed by atoms with van der Waals surface area (Å²) in [6.07, 6.45) is 0.369. The zero-order chi connectivity index (χ0) is 22.6. The van der Waals surface area contributed by atoms with Crippen LogP contribution in [0.3, 0.4) is 0 Å². The van der Waals surface area contributed by atoms with E-state index in [1.807, 2.05) is 0 Å². The predicted octanol–water partition coefficient (Wildman–Crippen LogP) is 2.76. The van der Waals surface area contributed by atoms with Gasteiger partial charge in [-0.3, -0.25) is 9.59 Å². The number of hydrogen-bond acceptors (Lipinski definition) is 6. The Bertz CT molecular complexity index is 1100. The van der Waals surface area contributed by atoms with Gasteiger partial charge in [-0.1, -0.05) is 29.8 Å². The summed E-state index contributed by atoms with van der Waals surface area (Å²) in [7, 11) is -3.15. The first-order chi connectivity index (χ1) is 14.7. The average molecular weight is 464 g/mol. The van der Waals surface area contributed by atoms with E-state index in [1.54, 1.807) is 43.3 Å². The van der Waals surface area contributed by atoms with Crippen LogP contribution in [0, 0.1) is 0 Å². The van der Waals surface area contributed by atoms with Crippen LogP contribution in [-0.2, 0) is 19.4 Å². The Kier molecular flexibility index (Phi) is 7.12. The molecule has 0 spiro atoms. The molecule has 31 heavy (non-hydrogen) atoms. The number of ketones is 1. The summed E-state index contributed by atoms with van der Waals surface area (Å²) in [5.41, 5.74) is 0.554. The van der Waals surface area contributed by atoms with Gasteiger partial charge in [0.2, 0.25) is 0 Å². The highest BCUT2D eigenvalue weighted by atomic mass is 35.5. The molecule has 3 rings (SSSR count). The van der Waals surface area contributed by atoms with E-state index in [9.17, 15) is 22.8 Å². The molecule has 2 aromatic rings. The number of sulfone groups is 1. The number of carbonyl (C=O) groups is 3. The van der Waals surface area contributed by atoms with Crippen molar-refractivity contribution in [2.45, 2.75) is 19.4 Å². The van der Waals surface area contributed by atoms with E-state index in [2.05, 4.69) is 0 Å². The largest absolute Gasteiger partial charge is 0.452 e. The minimum Gasteiger partial charge on any atom is -0.452 e. The maximum atomic E-state index is 12.8. The number of esters is 1. The van der Waals surface area contributed by atoms with E-state index in [1.165, 1.54) is 17.0 Å². The van der Waals surface area contributed by atoms with Gasteiger partial charge in [0.25, 0.3) is 5.91 Å². The van der Waals surface area contributed by atoms with E-state index in [0.29, 0.717) is 23.6 Å². The molecule has 0 aromatic heterocycles. The van der Waals surface area contributed by atoms with Crippen molar-refractivity contribution in [1.29, 1.82) is 0 Å². The molecule has 0 radical (unpaired) electrons. The van der Waals surface area contributed by atoms with Crippen LogP contribution in [0.2, 0.25) is 5.02 Å². The van der Waals surface area contributed by atoms with Gasteiger partial charge in [0.15, 0.2) is 22.2 Å². The van der Waals surface area contributed by atoms with Crippen molar-refractivity contribution in [2.24, 2.45) is 0 Å². The second-order valence-electron chi connectivity index (χ2n) is 7.19. The number of carbonyl (C=O) groups excluding carboxylic acids is 3. The van der Waals surface area contributed by atoms with Crippen molar-refractivity contribution in [3.63, 3.8) is 0 Å². The van der Waals surface area contributed by atoms with Crippen molar-refractivity contribution >= 4 is 39.1 Å². The van der Waals surface area contributed by atoms with E-state index < -0.39 is 34.4 Å². The first-order valence-electron chi connectivity index (χ1n) is 9.78. The van der Waals surface area contributed by atoms with E-state index >= 15 is 0 Å². The molecule has 1 aliphatic heterocycles. The van der Waals surface area contributed by atoms with Crippen LogP contribution in [0.25, 0.3) is 0 Å². The number of likely N-dealkylation sites (N-methyl/N-ethyl adjacent to an activating group) is 1. The van der Waals surface area contributed by atoms with Gasteiger partial charge in [-0.25, -0.2) is 13.2 Å². The van der Waals surface area contributed by atoms with Gasteiger partial charge < -0.3 is 9.64 Å². The highest BCUT2D eigenvalue weighted by Crippen LogP contribution is 2.20. The van der Waals surface area contributed by atoms with Crippen molar-refractivity contribution in [1.82, 2.24) is 4.90 Å². The van der Waals surface area contributed by atoms with Crippen molar-refractivity contribution in [2.75, 3.05) is 24.7 Å². The molecule has 0 N–H and O–H groups in total. The van der Waals surface area contributed by atoms with Gasteiger partial charge in [-0.05, 0) is 43.7 Å². The smallest absolute Gasteiger partial charge is 0.339 e. The molecule has 1 atom stereocenters. The monoisotopic (exact) mass is 463 g/mol. The Morgan fingerprint density at radius 3 is 2.29 bits per heavy atom. The van der Waals surface area contributed by atoms with Crippen LogP contribution >= 0.6 is 11.6 Å². The van der Waals surface area contributed by atoms with Crippen LogP contribution in [0.15, 0.2) is 48.5 Å². The van der Waals surface area contributed by atoms with Crippen LogP contribution in [0.5, 0.6) is 0 Å². The Labute approximate surface area is 185 Å². The number of hydrogen-bond donors (Lipinski definition) is 0. The summed E-state index contributed by atoms with van der Waals surface area (Å²) in [5, 5.41) is 0.485. The summed E-state index contributed by atoms with van der Waals surface area (Å²) in [5.74, 6) is -1.69. The molecule has 7 nitrogen and oxygen atoms in total. The number of ether oxygens (including phenoxy) is 1. The first kappa shape index (κ1) is 23.0. The molecule has 1 aliphatic rings. The molecule has 164 valence electrons. The standard InChI is InChI=1S/C22H22ClNO6S/c1-2-24(17-11-12-31(28,29)14-17)20(25)13-30-22(27)19-6-4-3-5-18(19)21(26)15-7-9-16(23)10-8-15/h3-10,17H,2,11-14H2,1H3. The fourth-order valence-corrected chi connectivity index (χ4v) is 5.42. The molecule has 1 unspecified atom stereocenters. The third-order valence-electron chi connectivity index (χ3n) is 5.13. The summed E-state index contributed by atoms with van der Waals surface area (Å²) >= 11 is 5.86. The summed E-state index contributed by atoms with van der Waals surface area (Å²) in [6.45, 7) is 1.51. The van der Waals surface area contributed by atoms with E-state index in [-0.39, 0.29) is 28.4 Å². The molecule has 0 bridgehead atoms. The van der Waals surface area contributed by atoms with Crippen LogP contribution in [-0.4, -0.2) is 61.7 Å². The molecule has 1 amide bonds. The zero-order valence-electron chi connectivity index (χ0n) is 16.9. The van der Waals surface area contributed by atoms with Gasteiger partial charge in [0, 0.05) is 28.7 Å². The molecule has 9 heteroatoms. The SMILES string of the molecule is CCN(C(=O)COC(=O)c1ccccc1C(=O)c1ccc(Cl)cc1)C1CCS(=O)(=O)C1. The minimum atomic E-state index is -3.15. The molecule has 1 fully saturated rings. The van der Waals surface area contributed by atoms with Gasteiger partial charge in [-0.2, -0.15) is 0 Å². The van der Waals surface area contributed by atoms with E-state index in [4.69, 9.17) is 16.3 Å². The highest BCUT2D eigenvalue weighted by molar-refractivity contribution is 7.91. The zero-order valence-corrected chi connectivity index (χ0v) is 18.5. The Morgan fingerprint density at radius 2 is 1.71 bits per heavy atom.